The summed E-state index contributed by atoms with van der Waals surface area (Å²) in [5.41, 5.74) is 0.320. The van der Waals surface area contributed by atoms with Gasteiger partial charge in [-0.3, -0.25) is 0 Å². The molecule has 6 heteroatoms. The standard InChI is InChI=1S/C17H31N3O3/c1-7-8-20-12-14(18-13-20)11-15(22-10-9-19(5)6)16(21)23-17(2,3)4/h12-13,15H,7-11H2,1-6H3. The number of aryl methyl sites for hydroxylation is 1. The number of carbonyl (C=O) groups is 1. The normalized spacial score (nSPS) is 13.3. The Hall–Kier alpha value is -1.40. The highest BCUT2D eigenvalue weighted by atomic mass is 16.6. The van der Waals surface area contributed by atoms with E-state index in [1.165, 1.54) is 0 Å². The Morgan fingerprint density at radius 2 is 2.09 bits per heavy atom. The molecule has 0 fully saturated rings. The van der Waals surface area contributed by atoms with Gasteiger partial charge in [0.05, 0.1) is 18.6 Å². The second kappa shape index (κ2) is 9.03. The molecule has 1 aromatic rings. The van der Waals surface area contributed by atoms with Crippen molar-refractivity contribution in [2.45, 2.75) is 58.8 Å². The molecule has 1 atom stereocenters. The summed E-state index contributed by atoms with van der Waals surface area (Å²) in [4.78, 5) is 18.8. The van der Waals surface area contributed by atoms with Crippen molar-refractivity contribution in [1.82, 2.24) is 14.5 Å². The zero-order valence-electron chi connectivity index (χ0n) is 15.3. The molecule has 0 saturated heterocycles. The largest absolute Gasteiger partial charge is 0.458 e. The Morgan fingerprint density at radius 1 is 1.39 bits per heavy atom. The van der Waals surface area contributed by atoms with Crippen LogP contribution in [0.2, 0.25) is 0 Å². The average molecular weight is 325 g/mol. The summed E-state index contributed by atoms with van der Waals surface area (Å²) < 4.78 is 13.3. The van der Waals surface area contributed by atoms with Crippen molar-refractivity contribution in [2.75, 3.05) is 27.2 Å². The minimum Gasteiger partial charge on any atom is -0.458 e. The van der Waals surface area contributed by atoms with Crippen LogP contribution in [-0.4, -0.2) is 59.4 Å². The average Bonchev–Trinajstić information content (AvgIpc) is 2.83. The van der Waals surface area contributed by atoms with Crippen LogP contribution in [0.25, 0.3) is 0 Å². The van der Waals surface area contributed by atoms with Crippen molar-refractivity contribution < 1.29 is 14.3 Å². The van der Waals surface area contributed by atoms with Gasteiger partial charge in [0, 0.05) is 25.7 Å². The Balaban J connectivity index is 2.70. The van der Waals surface area contributed by atoms with Crippen LogP contribution in [0.1, 0.15) is 39.8 Å². The minimum atomic E-state index is -0.626. The van der Waals surface area contributed by atoms with E-state index >= 15 is 0 Å². The van der Waals surface area contributed by atoms with Crippen molar-refractivity contribution in [3.05, 3.63) is 18.2 Å². The fraction of sp³-hybridized carbons (Fsp3) is 0.765. The molecule has 0 saturated carbocycles. The first-order valence-electron chi connectivity index (χ1n) is 8.21. The Bertz CT molecular complexity index is 478. The highest BCUT2D eigenvalue weighted by Crippen LogP contribution is 2.13. The maximum atomic E-state index is 12.4. The second-order valence-corrected chi connectivity index (χ2v) is 7.00. The van der Waals surface area contributed by atoms with Crippen molar-refractivity contribution in [2.24, 2.45) is 0 Å². The lowest BCUT2D eigenvalue weighted by Crippen LogP contribution is -2.36. The molecule has 1 unspecified atom stereocenters. The van der Waals surface area contributed by atoms with Crippen LogP contribution >= 0.6 is 0 Å². The van der Waals surface area contributed by atoms with Gasteiger partial charge in [0.1, 0.15) is 5.60 Å². The number of ether oxygens (including phenoxy) is 2. The molecule has 0 aliphatic heterocycles. The number of nitrogens with zero attached hydrogens (tertiary/aromatic N) is 3. The highest BCUT2D eigenvalue weighted by Gasteiger charge is 2.27. The van der Waals surface area contributed by atoms with E-state index in [2.05, 4.69) is 11.9 Å². The SMILES string of the molecule is CCCn1cnc(CC(OCCN(C)C)C(=O)OC(C)(C)C)c1. The molecule has 0 aliphatic carbocycles. The summed E-state index contributed by atoms with van der Waals surface area (Å²) in [6.45, 7) is 9.85. The van der Waals surface area contributed by atoms with Crippen molar-refractivity contribution in [1.29, 1.82) is 0 Å². The van der Waals surface area contributed by atoms with Gasteiger partial charge in [-0.05, 0) is 41.3 Å². The van der Waals surface area contributed by atoms with E-state index in [9.17, 15) is 4.79 Å². The minimum absolute atomic E-state index is 0.332. The zero-order valence-corrected chi connectivity index (χ0v) is 15.3. The number of carbonyl (C=O) groups excluding carboxylic acids is 1. The maximum Gasteiger partial charge on any atom is 0.336 e. The van der Waals surface area contributed by atoms with Crippen LogP contribution in [0.4, 0.5) is 0 Å². The van der Waals surface area contributed by atoms with Gasteiger partial charge in [-0.2, -0.15) is 0 Å². The number of hydrogen-bond acceptors (Lipinski definition) is 5. The summed E-state index contributed by atoms with van der Waals surface area (Å²) in [5, 5.41) is 0. The monoisotopic (exact) mass is 325 g/mol. The summed E-state index contributed by atoms with van der Waals surface area (Å²) >= 11 is 0. The molecule has 23 heavy (non-hydrogen) atoms. The zero-order chi connectivity index (χ0) is 17.5. The predicted molar refractivity (Wildman–Crippen MR) is 90.4 cm³/mol. The molecule has 6 nitrogen and oxygen atoms in total. The van der Waals surface area contributed by atoms with Crippen LogP contribution in [0.15, 0.2) is 12.5 Å². The van der Waals surface area contributed by atoms with Crippen LogP contribution in [0, 0.1) is 0 Å². The summed E-state index contributed by atoms with van der Waals surface area (Å²) in [7, 11) is 3.94. The van der Waals surface area contributed by atoms with Gasteiger partial charge in [-0.15, -0.1) is 0 Å². The van der Waals surface area contributed by atoms with E-state index in [0.717, 1.165) is 25.2 Å². The van der Waals surface area contributed by atoms with Crippen molar-refractivity contribution in [3.8, 4) is 0 Å². The van der Waals surface area contributed by atoms with E-state index in [4.69, 9.17) is 9.47 Å². The lowest BCUT2D eigenvalue weighted by molar-refractivity contribution is -0.168. The first kappa shape index (κ1) is 19.6. The second-order valence-electron chi connectivity index (χ2n) is 7.00. The summed E-state index contributed by atoms with van der Waals surface area (Å²) in [6, 6.07) is 0. The third-order valence-electron chi connectivity index (χ3n) is 3.09. The lowest BCUT2D eigenvalue weighted by Gasteiger charge is -2.24. The quantitative estimate of drug-likeness (QED) is 0.651. The molecule has 1 heterocycles. The molecule has 1 aromatic heterocycles. The third-order valence-corrected chi connectivity index (χ3v) is 3.09. The fourth-order valence-corrected chi connectivity index (χ4v) is 2.04. The maximum absolute atomic E-state index is 12.4. The summed E-state index contributed by atoms with van der Waals surface area (Å²) in [6.07, 6.45) is 4.61. The van der Waals surface area contributed by atoms with Crippen LogP contribution in [-0.2, 0) is 27.2 Å². The molecule has 0 spiro atoms. The third kappa shape index (κ3) is 8.13. The number of rotatable bonds is 9. The molecule has 132 valence electrons. The number of likely N-dealkylation sites (N-methyl/N-ethyl adjacent to an activating group) is 1. The van der Waals surface area contributed by atoms with Crippen molar-refractivity contribution in [3.63, 3.8) is 0 Å². The Kier molecular flexibility index (Phi) is 7.72. The van der Waals surface area contributed by atoms with Gasteiger partial charge >= 0.3 is 5.97 Å². The molecule has 0 radical (unpaired) electrons. The van der Waals surface area contributed by atoms with Gasteiger partial charge < -0.3 is 18.9 Å². The number of esters is 1. The molecule has 0 amide bonds. The smallest absolute Gasteiger partial charge is 0.336 e. The van der Waals surface area contributed by atoms with Crippen molar-refractivity contribution >= 4 is 5.97 Å². The first-order chi connectivity index (χ1) is 10.7. The van der Waals surface area contributed by atoms with Gasteiger partial charge in [0.15, 0.2) is 6.10 Å². The topological polar surface area (TPSA) is 56.6 Å². The molecular formula is C17H31N3O3. The predicted octanol–water partition coefficient (Wildman–Crippen LogP) is 2.12. The lowest BCUT2D eigenvalue weighted by atomic mass is 10.1. The van der Waals surface area contributed by atoms with Crippen LogP contribution < -0.4 is 0 Å². The van der Waals surface area contributed by atoms with Gasteiger partial charge in [0.2, 0.25) is 0 Å². The molecule has 0 aromatic carbocycles. The first-order valence-corrected chi connectivity index (χ1v) is 8.21. The number of aromatic nitrogens is 2. The number of imidazole rings is 1. The molecule has 0 aliphatic rings. The van der Waals surface area contributed by atoms with E-state index in [1.807, 2.05) is 50.5 Å². The Morgan fingerprint density at radius 3 is 2.65 bits per heavy atom. The van der Waals surface area contributed by atoms with Crippen LogP contribution in [0.3, 0.4) is 0 Å². The summed E-state index contributed by atoms with van der Waals surface area (Å²) in [5.74, 6) is -0.332. The highest BCUT2D eigenvalue weighted by molar-refractivity contribution is 5.75. The molecule has 0 N–H and O–H groups in total. The van der Waals surface area contributed by atoms with E-state index < -0.39 is 11.7 Å². The van der Waals surface area contributed by atoms with E-state index in [0.29, 0.717) is 13.0 Å². The van der Waals surface area contributed by atoms with Crippen LogP contribution in [0.5, 0.6) is 0 Å². The Labute approximate surface area is 139 Å². The van der Waals surface area contributed by atoms with Gasteiger partial charge in [0.25, 0.3) is 0 Å². The van der Waals surface area contributed by atoms with E-state index in [-0.39, 0.29) is 5.97 Å². The van der Waals surface area contributed by atoms with Gasteiger partial charge in [-0.1, -0.05) is 6.92 Å². The molecular weight excluding hydrogens is 294 g/mol. The fourth-order valence-electron chi connectivity index (χ4n) is 2.04. The van der Waals surface area contributed by atoms with Gasteiger partial charge in [-0.25, -0.2) is 9.78 Å². The molecule has 1 rings (SSSR count). The van der Waals surface area contributed by atoms with E-state index in [1.54, 1.807) is 6.33 Å². The number of hydrogen-bond donors (Lipinski definition) is 0. The molecule has 0 bridgehead atoms.